The van der Waals surface area contributed by atoms with Crippen LogP contribution in [-0.2, 0) is 9.59 Å². The molecule has 0 saturated carbocycles. The highest BCUT2D eigenvalue weighted by molar-refractivity contribution is 9.10. The van der Waals surface area contributed by atoms with E-state index in [9.17, 15) is 14.4 Å². The zero-order valence-corrected chi connectivity index (χ0v) is 15.9. The van der Waals surface area contributed by atoms with Crippen molar-refractivity contribution < 1.29 is 19.5 Å². The van der Waals surface area contributed by atoms with E-state index in [0.717, 1.165) is 15.6 Å². The maximum Gasteiger partial charge on any atom is 0.326 e. The fraction of sp³-hybridized carbons (Fsp3) is 0.471. The number of carbonyl (C=O) groups is 3. The lowest BCUT2D eigenvalue weighted by Crippen LogP contribution is -2.46. The molecule has 24 heavy (non-hydrogen) atoms. The lowest BCUT2D eigenvalue weighted by molar-refractivity contribution is -0.142. The Morgan fingerprint density at radius 3 is 2.33 bits per heavy atom. The highest BCUT2D eigenvalue weighted by atomic mass is 79.9. The van der Waals surface area contributed by atoms with Gasteiger partial charge in [0.15, 0.2) is 0 Å². The van der Waals surface area contributed by atoms with Crippen molar-refractivity contribution in [2.75, 3.05) is 6.54 Å². The topological polar surface area (TPSA) is 95.5 Å². The van der Waals surface area contributed by atoms with Gasteiger partial charge in [0.2, 0.25) is 5.91 Å². The van der Waals surface area contributed by atoms with Gasteiger partial charge >= 0.3 is 5.97 Å². The van der Waals surface area contributed by atoms with Crippen molar-refractivity contribution in [3.05, 3.63) is 33.3 Å². The smallest absolute Gasteiger partial charge is 0.326 e. The number of carboxylic acids is 1. The maximum absolute atomic E-state index is 12.2. The molecule has 0 aliphatic heterocycles. The second-order valence-electron chi connectivity index (χ2n) is 6.19. The van der Waals surface area contributed by atoms with Crippen molar-refractivity contribution in [3.63, 3.8) is 0 Å². The van der Waals surface area contributed by atoms with Crippen LogP contribution in [-0.4, -0.2) is 35.5 Å². The zero-order valence-electron chi connectivity index (χ0n) is 14.3. The predicted octanol–water partition coefficient (Wildman–Crippen LogP) is 2.41. The number of amides is 2. The Balaban J connectivity index is 2.65. The molecule has 2 amide bonds. The van der Waals surface area contributed by atoms with Gasteiger partial charge in [-0.15, -0.1) is 0 Å². The molecule has 7 heteroatoms. The summed E-state index contributed by atoms with van der Waals surface area (Å²) in [4.78, 5) is 35.2. The summed E-state index contributed by atoms with van der Waals surface area (Å²) in [7, 11) is 0. The molecule has 0 aliphatic carbocycles. The second-order valence-corrected chi connectivity index (χ2v) is 7.04. The summed E-state index contributed by atoms with van der Waals surface area (Å²) in [5.74, 6) is -1.84. The molecule has 1 aromatic rings. The summed E-state index contributed by atoms with van der Waals surface area (Å²) in [6, 6.07) is 2.63. The number of hydrogen-bond acceptors (Lipinski definition) is 3. The molecule has 0 radical (unpaired) electrons. The van der Waals surface area contributed by atoms with Crippen molar-refractivity contribution in [2.45, 2.75) is 40.2 Å². The molecule has 6 nitrogen and oxygen atoms in total. The molecule has 0 aromatic heterocycles. The summed E-state index contributed by atoms with van der Waals surface area (Å²) in [6.07, 6.45) is 0.333. The number of aliphatic carboxylic acids is 1. The van der Waals surface area contributed by atoms with Crippen molar-refractivity contribution in [1.82, 2.24) is 10.6 Å². The average Bonchev–Trinajstić information content (AvgIpc) is 2.47. The third-order valence-electron chi connectivity index (χ3n) is 3.50. The van der Waals surface area contributed by atoms with Crippen LogP contribution in [0.15, 0.2) is 16.6 Å². The van der Waals surface area contributed by atoms with E-state index in [1.807, 2.05) is 33.8 Å². The molecule has 3 N–H and O–H groups in total. The fourth-order valence-electron chi connectivity index (χ4n) is 2.22. The van der Waals surface area contributed by atoms with Crippen molar-refractivity contribution in [2.24, 2.45) is 5.92 Å². The van der Waals surface area contributed by atoms with Gasteiger partial charge in [-0.05, 0) is 49.4 Å². The van der Waals surface area contributed by atoms with Crippen LogP contribution in [0.3, 0.4) is 0 Å². The lowest BCUT2D eigenvalue weighted by atomic mass is 10.0. The standard InChI is InChI=1S/C17H23BrN2O4/c1-9(2)5-14(17(23)24)20-15(21)8-19-16(22)12-6-11(4)13(18)7-10(12)3/h6-7,9,14H,5,8H2,1-4H3,(H,19,22)(H,20,21)(H,23,24)/t14-/m0/s1. The van der Waals surface area contributed by atoms with Crippen LogP contribution in [0.4, 0.5) is 0 Å². The zero-order chi connectivity index (χ0) is 18.4. The van der Waals surface area contributed by atoms with E-state index in [1.54, 1.807) is 6.07 Å². The minimum Gasteiger partial charge on any atom is -0.480 e. The molecule has 0 unspecified atom stereocenters. The minimum atomic E-state index is -1.08. The number of halogens is 1. The van der Waals surface area contributed by atoms with Gasteiger partial charge in [0, 0.05) is 10.0 Å². The number of hydrogen-bond donors (Lipinski definition) is 3. The number of benzene rings is 1. The van der Waals surface area contributed by atoms with Crippen LogP contribution >= 0.6 is 15.9 Å². The summed E-state index contributed by atoms with van der Waals surface area (Å²) in [6.45, 7) is 7.17. The van der Waals surface area contributed by atoms with E-state index in [-0.39, 0.29) is 18.4 Å². The van der Waals surface area contributed by atoms with Crippen LogP contribution in [0, 0.1) is 19.8 Å². The number of aryl methyl sites for hydroxylation is 2. The van der Waals surface area contributed by atoms with Gasteiger partial charge in [0.25, 0.3) is 5.91 Å². The Morgan fingerprint density at radius 2 is 1.79 bits per heavy atom. The van der Waals surface area contributed by atoms with Gasteiger partial charge in [0.1, 0.15) is 6.04 Å². The Labute approximate surface area is 150 Å². The monoisotopic (exact) mass is 398 g/mol. The van der Waals surface area contributed by atoms with Crippen LogP contribution in [0.1, 0.15) is 41.8 Å². The molecule has 0 heterocycles. The Morgan fingerprint density at radius 1 is 1.17 bits per heavy atom. The van der Waals surface area contributed by atoms with Crippen molar-refractivity contribution in [1.29, 1.82) is 0 Å². The van der Waals surface area contributed by atoms with E-state index in [0.29, 0.717) is 12.0 Å². The minimum absolute atomic E-state index is 0.134. The third-order valence-corrected chi connectivity index (χ3v) is 4.35. The van der Waals surface area contributed by atoms with E-state index in [2.05, 4.69) is 26.6 Å². The second kappa shape index (κ2) is 8.82. The van der Waals surface area contributed by atoms with Gasteiger partial charge in [-0.2, -0.15) is 0 Å². The van der Waals surface area contributed by atoms with E-state index in [1.165, 1.54) is 0 Å². The van der Waals surface area contributed by atoms with Crippen LogP contribution < -0.4 is 10.6 Å². The fourth-order valence-corrected chi connectivity index (χ4v) is 2.68. The molecule has 1 aromatic carbocycles. The molecular weight excluding hydrogens is 376 g/mol. The average molecular weight is 399 g/mol. The van der Waals surface area contributed by atoms with Gasteiger partial charge in [0.05, 0.1) is 6.54 Å². The van der Waals surface area contributed by atoms with Crippen molar-refractivity contribution >= 4 is 33.7 Å². The molecule has 132 valence electrons. The summed E-state index contributed by atoms with van der Waals surface area (Å²) < 4.78 is 0.910. The van der Waals surface area contributed by atoms with Crippen LogP contribution in [0.5, 0.6) is 0 Å². The highest BCUT2D eigenvalue weighted by Crippen LogP contribution is 2.20. The molecular formula is C17H23BrN2O4. The van der Waals surface area contributed by atoms with E-state index >= 15 is 0 Å². The van der Waals surface area contributed by atoms with Crippen LogP contribution in [0.25, 0.3) is 0 Å². The van der Waals surface area contributed by atoms with E-state index in [4.69, 9.17) is 5.11 Å². The van der Waals surface area contributed by atoms with Gasteiger partial charge in [-0.25, -0.2) is 4.79 Å². The third kappa shape index (κ3) is 5.96. The van der Waals surface area contributed by atoms with Crippen LogP contribution in [0.2, 0.25) is 0 Å². The first kappa shape index (κ1) is 20.2. The first-order valence-electron chi connectivity index (χ1n) is 7.69. The lowest BCUT2D eigenvalue weighted by Gasteiger charge is -2.17. The first-order valence-corrected chi connectivity index (χ1v) is 8.48. The van der Waals surface area contributed by atoms with Gasteiger partial charge in [-0.1, -0.05) is 29.8 Å². The predicted molar refractivity (Wildman–Crippen MR) is 95.0 cm³/mol. The quantitative estimate of drug-likeness (QED) is 0.656. The molecule has 0 bridgehead atoms. The molecule has 1 atom stereocenters. The Bertz CT molecular complexity index is 644. The Kier molecular flexibility index (Phi) is 7.41. The number of carboxylic acid groups (broad SMARTS) is 1. The normalized spacial score (nSPS) is 11.9. The van der Waals surface area contributed by atoms with Gasteiger partial charge in [-0.3, -0.25) is 9.59 Å². The Hall–Kier alpha value is -1.89. The number of nitrogens with one attached hydrogen (secondary N) is 2. The van der Waals surface area contributed by atoms with Crippen molar-refractivity contribution in [3.8, 4) is 0 Å². The molecule has 0 spiro atoms. The number of rotatable bonds is 7. The summed E-state index contributed by atoms with van der Waals surface area (Å²) in [5, 5.41) is 14.1. The number of carbonyl (C=O) groups excluding carboxylic acids is 2. The van der Waals surface area contributed by atoms with Gasteiger partial charge < -0.3 is 15.7 Å². The molecule has 1 rings (SSSR count). The largest absolute Gasteiger partial charge is 0.480 e. The molecule has 0 saturated heterocycles. The molecule has 0 aliphatic rings. The SMILES string of the molecule is Cc1cc(C(=O)NCC(=O)N[C@@H](CC(C)C)C(=O)O)c(C)cc1Br. The first-order chi connectivity index (χ1) is 11.1. The maximum atomic E-state index is 12.2. The summed E-state index contributed by atoms with van der Waals surface area (Å²) >= 11 is 3.40. The molecule has 0 fully saturated rings. The summed E-state index contributed by atoms with van der Waals surface area (Å²) in [5.41, 5.74) is 2.19. The highest BCUT2D eigenvalue weighted by Gasteiger charge is 2.21. The van der Waals surface area contributed by atoms with E-state index < -0.39 is 17.9 Å².